The summed E-state index contributed by atoms with van der Waals surface area (Å²) in [4.78, 5) is 27.3. The number of carboxylic acids is 1. The maximum absolute atomic E-state index is 14.9. The van der Waals surface area contributed by atoms with Gasteiger partial charge in [0, 0.05) is 23.8 Å². The molecule has 4 N–H and O–H groups in total. The largest absolute Gasteiger partial charge is 0.478 e. The number of nitrogens with two attached hydrogens (primary N) is 1. The number of hydrogen-bond donors (Lipinski definition) is 3. The molecule has 3 aromatic rings. The van der Waals surface area contributed by atoms with Crippen LogP contribution in [0, 0.1) is 17.6 Å². The lowest BCUT2D eigenvalue weighted by Gasteiger charge is -2.39. The fraction of sp³-hybridized carbons (Fsp3) is 0.414. The van der Waals surface area contributed by atoms with E-state index < -0.39 is 54.9 Å². The number of rotatable bonds is 9. The van der Waals surface area contributed by atoms with Crippen LogP contribution in [0.5, 0.6) is 0 Å². The topological polar surface area (TPSA) is 148 Å². The summed E-state index contributed by atoms with van der Waals surface area (Å²) in [6, 6.07) is 9.17. The van der Waals surface area contributed by atoms with Crippen LogP contribution < -0.4 is 15.4 Å². The Morgan fingerprint density at radius 3 is 2.47 bits per heavy atom. The first-order valence-corrected chi connectivity index (χ1v) is 16.3. The number of aliphatic carboxylic acids is 1. The Labute approximate surface area is 252 Å². The summed E-state index contributed by atoms with van der Waals surface area (Å²) in [5, 5.41) is 22.9. The van der Waals surface area contributed by atoms with Crippen molar-refractivity contribution in [3.8, 4) is 0 Å². The summed E-state index contributed by atoms with van der Waals surface area (Å²) in [6.07, 6.45) is 4.28. The third-order valence-electron chi connectivity index (χ3n) is 7.50. The van der Waals surface area contributed by atoms with Gasteiger partial charge >= 0.3 is 5.97 Å². The lowest BCUT2D eigenvalue weighted by atomic mass is 9.98. The molecule has 230 valence electrons. The number of thioether (sulfide) groups is 1. The van der Waals surface area contributed by atoms with Crippen molar-refractivity contribution in [3.63, 3.8) is 0 Å². The van der Waals surface area contributed by atoms with Crippen LogP contribution >= 0.6 is 11.8 Å². The van der Waals surface area contributed by atoms with Crippen LogP contribution in [0.4, 0.5) is 14.5 Å². The van der Waals surface area contributed by atoms with Gasteiger partial charge in [0.1, 0.15) is 16.5 Å². The van der Waals surface area contributed by atoms with Crippen LogP contribution in [-0.2, 0) is 26.9 Å². The Morgan fingerprint density at radius 2 is 1.86 bits per heavy atom. The summed E-state index contributed by atoms with van der Waals surface area (Å²) in [5.74, 6) is -2.86. The Balaban J connectivity index is 1.54. The first-order chi connectivity index (χ1) is 20.1. The van der Waals surface area contributed by atoms with E-state index in [1.807, 2.05) is 0 Å². The van der Waals surface area contributed by atoms with Crippen molar-refractivity contribution in [3.05, 3.63) is 77.1 Å². The zero-order valence-electron chi connectivity index (χ0n) is 23.9. The molecule has 1 saturated heterocycles. The van der Waals surface area contributed by atoms with Crippen molar-refractivity contribution in [1.82, 2.24) is 15.1 Å². The first kappa shape index (κ1) is 31.0. The van der Waals surface area contributed by atoms with Gasteiger partial charge in [-0.25, -0.2) is 31.8 Å². The third kappa shape index (κ3) is 6.27. The number of nitrogens with one attached hydrogen (secondary N) is 1. The van der Waals surface area contributed by atoms with E-state index in [2.05, 4.69) is 10.4 Å². The highest BCUT2D eigenvalue weighted by Gasteiger charge is 2.59. The smallest absolute Gasteiger partial charge is 0.353 e. The number of amides is 1. The summed E-state index contributed by atoms with van der Waals surface area (Å²) < 4.78 is 53.9. The molecular weight excluding hydrogens is 600 g/mol. The monoisotopic (exact) mass is 633 g/mol. The molecule has 14 heteroatoms. The lowest BCUT2D eigenvalue weighted by molar-refractivity contribution is -0.148. The van der Waals surface area contributed by atoms with E-state index in [9.17, 15) is 31.9 Å². The van der Waals surface area contributed by atoms with Gasteiger partial charge in [0.2, 0.25) is 15.7 Å². The Morgan fingerprint density at radius 1 is 1.14 bits per heavy atom. The minimum Gasteiger partial charge on any atom is -0.478 e. The number of aromatic nitrogens is 2. The minimum absolute atomic E-state index is 0.0959. The second-order valence-corrected chi connectivity index (χ2v) is 14.7. The number of carbonyl (C=O) groups is 2. The molecule has 2 fully saturated rings. The predicted octanol–water partition coefficient (Wildman–Crippen LogP) is 4.04. The molecule has 2 aromatic carbocycles. The van der Waals surface area contributed by atoms with Gasteiger partial charge in [-0.15, -0.1) is 11.8 Å². The maximum Gasteiger partial charge on any atom is 0.353 e. The first-order valence-electron chi connectivity index (χ1n) is 13.7. The summed E-state index contributed by atoms with van der Waals surface area (Å²) in [7, 11) is -4.23. The number of anilines is 1. The van der Waals surface area contributed by atoms with E-state index in [4.69, 9.17) is 5.14 Å². The number of halogens is 2. The van der Waals surface area contributed by atoms with Gasteiger partial charge in [-0.3, -0.25) is 4.79 Å². The van der Waals surface area contributed by atoms with Crippen molar-refractivity contribution in [1.29, 1.82) is 0 Å². The normalized spacial score (nSPS) is 20.8. The highest BCUT2D eigenvalue weighted by atomic mass is 32.2. The predicted molar refractivity (Wildman–Crippen MR) is 158 cm³/mol. The Hall–Kier alpha value is -3.49. The molecule has 0 radical (unpaired) electrons. The SMILES string of the molecule is CC(C)(C)NC(=O)c1cc(N2CSC(CC3CC3)C2(C(=O)O)n2ccc(Cc3ccc(S(N)(=O)=O)c(F)c3)n2)ccc1F. The second kappa shape index (κ2) is 11.2. The van der Waals surface area contributed by atoms with Crippen LogP contribution in [0.1, 0.15) is 61.6 Å². The van der Waals surface area contributed by atoms with Crippen molar-refractivity contribution in [2.45, 2.75) is 67.8 Å². The molecule has 2 heterocycles. The zero-order valence-corrected chi connectivity index (χ0v) is 25.5. The average Bonchev–Trinajstić information content (AvgIpc) is 3.45. The van der Waals surface area contributed by atoms with Crippen LogP contribution in [0.3, 0.4) is 0 Å². The van der Waals surface area contributed by atoms with Gasteiger partial charge in [0.05, 0.1) is 22.4 Å². The van der Waals surface area contributed by atoms with Crippen LogP contribution in [0.2, 0.25) is 0 Å². The van der Waals surface area contributed by atoms with Gasteiger partial charge < -0.3 is 15.3 Å². The summed E-state index contributed by atoms with van der Waals surface area (Å²) in [5.41, 5.74) is -1.32. The molecular formula is C29H33F2N5O5S2. The number of carboxylic acid groups (broad SMARTS) is 1. The van der Waals surface area contributed by atoms with Crippen LogP contribution in [-0.4, -0.2) is 51.8 Å². The zero-order chi connectivity index (χ0) is 31.3. The molecule has 5 rings (SSSR count). The molecule has 2 unspecified atom stereocenters. The van der Waals surface area contributed by atoms with Gasteiger partial charge in [-0.2, -0.15) is 5.10 Å². The minimum atomic E-state index is -4.23. The molecule has 0 spiro atoms. The molecule has 1 aromatic heterocycles. The van der Waals surface area contributed by atoms with E-state index in [0.29, 0.717) is 29.3 Å². The Bertz CT molecular complexity index is 1690. The molecule has 2 atom stereocenters. The molecule has 1 saturated carbocycles. The molecule has 0 bridgehead atoms. The van der Waals surface area contributed by atoms with E-state index in [1.54, 1.807) is 37.9 Å². The van der Waals surface area contributed by atoms with Crippen LogP contribution in [0.15, 0.2) is 53.6 Å². The van der Waals surface area contributed by atoms with Crippen molar-refractivity contribution >= 4 is 39.3 Å². The molecule has 1 aliphatic heterocycles. The summed E-state index contributed by atoms with van der Waals surface area (Å²) in [6.45, 7) is 5.33. The number of primary sulfonamides is 1. The maximum atomic E-state index is 14.9. The van der Waals surface area contributed by atoms with E-state index >= 15 is 0 Å². The number of hydrogen-bond acceptors (Lipinski definition) is 7. The van der Waals surface area contributed by atoms with E-state index in [1.165, 1.54) is 34.6 Å². The number of benzene rings is 2. The summed E-state index contributed by atoms with van der Waals surface area (Å²) >= 11 is 1.46. The highest BCUT2D eigenvalue weighted by Crippen LogP contribution is 2.50. The molecule has 10 nitrogen and oxygen atoms in total. The number of nitrogens with zero attached hydrogens (tertiary/aromatic N) is 3. The van der Waals surface area contributed by atoms with Crippen LogP contribution in [0.25, 0.3) is 0 Å². The van der Waals surface area contributed by atoms with Crippen molar-refractivity contribution in [2.75, 3.05) is 10.8 Å². The van der Waals surface area contributed by atoms with Gasteiger partial charge in [0.25, 0.3) is 5.91 Å². The van der Waals surface area contributed by atoms with Gasteiger partial charge in [-0.05, 0) is 75.1 Å². The fourth-order valence-electron chi connectivity index (χ4n) is 5.34. The van der Waals surface area contributed by atoms with Gasteiger partial charge in [0.15, 0.2) is 0 Å². The van der Waals surface area contributed by atoms with Crippen molar-refractivity contribution in [2.24, 2.45) is 11.1 Å². The second-order valence-electron chi connectivity index (χ2n) is 12.0. The fourth-order valence-corrected chi connectivity index (χ4v) is 7.58. The molecule has 1 amide bonds. The molecule has 43 heavy (non-hydrogen) atoms. The van der Waals surface area contributed by atoms with E-state index in [0.717, 1.165) is 31.0 Å². The van der Waals surface area contributed by atoms with E-state index in [-0.39, 0.29) is 17.9 Å². The third-order valence-corrected chi connectivity index (χ3v) is 9.78. The molecule has 2 aliphatic rings. The van der Waals surface area contributed by atoms with Crippen molar-refractivity contribution < 1.29 is 31.9 Å². The average molecular weight is 634 g/mol. The quantitative estimate of drug-likeness (QED) is 0.320. The molecule has 1 aliphatic carbocycles. The number of sulfonamides is 1. The highest BCUT2D eigenvalue weighted by molar-refractivity contribution is 8.00. The lowest BCUT2D eigenvalue weighted by Crippen LogP contribution is -2.59. The number of carbonyl (C=O) groups excluding carboxylic acids is 1. The van der Waals surface area contributed by atoms with Gasteiger partial charge in [-0.1, -0.05) is 18.9 Å². The Kier molecular flexibility index (Phi) is 8.07. The standard InChI is InChI=1S/C29H33F2N5O5S2/c1-28(2,3)33-26(37)21-15-20(7-8-22(21)30)35-16-42-25(14-17-4-5-17)29(35,27(38)39)36-11-10-19(34-36)12-18-6-9-24(23(31)13-18)43(32,40)41/h6-11,13,15,17,25H,4-5,12,14,16H2,1-3H3,(H,33,37)(H,38,39)(H2,32,40,41).